The van der Waals surface area contributed by atoms with Crippen molar-refractivity contribution < 1.29 is 0 Å². The number of aryl methyl sites for hydroxylation is 1. The summed E-state index contributed by atoms with van der Waals surface area (Å²) in [6, 6.07) is 0.296. The van der Waals surface area contributed by atoms with Crippen LogP contribution in [-0.2, 0) is 6.54 Å². The number of hydrogen-bond donors (Lipinski definition) is 1. The molecule has 0 saturated heterocycles. The molecule has 12 heavy (non-hydrogen) atoms. The molecular formula is C8H12ClN3. The molecule has 0 radical (unpaired) electrons. The molecule has 1 aliphatic rings. The Morgan fingerprint density at radius 2 is 2.50 bits per heavy atom. The van der Waals surface area contributed by atoms with Gasteiger partial charge in [-0.15, -0.1) is 0 Å². The summed E-state index contributed by atoms with van der Waals surface area (Å²) in [6.07, 6.45) is 2.83. The van der Waals surface area contributed by atoms with E-state index >= 15 is 0 Å². The van der Waals surface area contributed by atoms with E-state index in [4.69, 9.17) is 17.3 Å². The molecule has 0 spiro atoms. The van der Waals surface area contributed by atoms with Crippen LogP contribution in [0.5, 0.6) is 0 Å². The van der Waals surface area contributed by atoms with Crippen molar-refractivity contribution in [3.8, 4) is 0 Å². The first-order chi connectivity index (χ1) is 5.74. The van der Waals surface area contributed by atoms with Gasteiger partial charge in [0.2, 0.25) is 0 Å². The second-order valence-corrected chi connectivity index (χ2v) is 3.57. The lowest BCUT2D eigenvalue weighted by Gasteiger charge is -2.03. The second kappa shape index (κ2) is 2.75. The van der Waals surface area contributed by atoms with Crippen LogP contribution < -0.4 is 5.73 Å². The van der Waals surface area contributed by atoms with E-state index in [1.165, 1.54) is 0 Å². The van der Waals surface area contributed by atoms with Crippen molar-refractivity contribution in [3.05, 3.63) is 17.2 Å². The van der Waals surface area contributed by atoms with E-state index in [2.05, 4.69) is 16.5 Å². The van der Waals surface area contributed by atoms with E-state index in [0.29, 0.717) is 17.1 Å². The maximum absolute atomic E-state index is 5.94. The third-order valence-corrected chi connectivity index (χ3v) is 2.65. The van der Waals surface area contributed by atoms with Gasteiger partial charge in [0.1, 0.15) is 0 Å². The first-order valence-corrected chi connectivity index (χ1v) is 4.58. The van der Waals surface area contributed by atoms with Gasteiger partial charge in [0.15, 0.2) is 5.15 Å². The van der Waals surface area contributed by atoms with Gasteiger partial charge in [-0.25, -0.2) is 4.98 Å². The fourth-order valence-corrected chi connectivity index (χ4v) is 1.81. The summed E-state index contributed by atoms with van der Waals surface area (Å²) >= 11 is 5.94. The van der Waals surface area contributed by atoms with Gasteiger partial charge in [-0.3, -0.25) is 0 Å². The van der Waals surface area contributed by atoms with E-state index in [9.17, 15) is 0 Å². The van der Waals surface area contributed by atoms with Crippen molar-refractivity contribution in [1.29, 1.82) is 0 Å². The van der Waals surface area contributed by atoms with Gasteiger partial charge in [-0.1, -0.05) is 11.6 Å². The van der Waals surface area contributed by atoms with Crippen molar-refractivity contribution in [2.75, 3.05) is 0 Å². The number of halogens is 1. The summed E-state index contributed by atoms with van der Waals surface area (Å²) in [4.78, 5) is 4.06. The van der Waals surface area contributed by atoms with Crippen LogP contribution >= 0.6 is 11.6 Å². The van der Waals surface area contributed by atoms with Crippen LogP contribution in [0.15, 0.2) is 6.33 Å². The summed E-state index contributed by atoms with van der Waals surface area (Å²) in [5, 5.41) is 0.620. The van der Waals surface area contributed by atoms with Gasteiger partial charge < -0.3 is 10.3 Å². The minimum Gasteiger partial charge on any atom is -0.333 e. The minimum absolute atomic E-state index is 0.296. The Labute approximate surface area is 76.5 Å². The molecule has 0 bridgehead atoms. The number of imidazole rings is 1. The first kappa shape index (κ1) is 8.08. The van der Waals surface area contributed by atoms with Gasteiger partial charge in [0.05, 0.1) is 12.0 Å². The molecule has 0 aromatic carbocycles. The van der Waals surface area contributed by atoms with Crippen molar-refractivity contribution >= 4 is 11.6 Å². The summed E-state index contributed by atoms with van der Waals surface area (Å²) in [6.45, 7) is 2.99. The van der Waals surface area contributed by atoms with Crippen molar-refractivity contribution in [2.24, 2.45) is 5.73 Å². The highest BCUT2D eigenvalue weighted by Crippen LogP contribution is 2.41. The van der Waals surface area contributed by atoms with E-state index in [-0.39, 0.29) is 0 Å². The highest BCUT2D eigenvalue weighted by molar-refractivity contribution is 6.30. The lowest BCUT2D eigenvalue weighted by molar-refractivity contribution is 0.708. The van der Waals surface area contributed by atoms with Gasteiger partial charge in [-0.05, 0) is 13.3 Å². The Morgan fingerprint density at radius 3 is 3.00 bits per heavy atom. The third-order valence-electron chi connectivity index (χ3n) is 2.36. The van der Waals surface area contributed by atoms with E-state index < -0.39 is 0 Å². The molecular weight excluding hydrogens is 174 g/mol. The number of hydrogen-bond acceptors (Lipinski definition) is 2. The molecule has 4 heteroatoms. The summed E-state index contributed by atoms with van der Waals surface area (Å²) < 4.78 is 2.07. The van der Waals surface area contributed by atoms with Crippen LogP contribution in [0, 0.1) is 0 Å². The zero-order valence-corrected chi connectivity index (χ0v) is 7.75. The quantitative estimate of drug-likeness (QED) is 0.757. The number of nitrogens with zero attached hydrogens (tertiary/aromatic N) is 2. The number of aromatic nitrogens is 2. The van der Waals surface area contributed by atoms with Crippen LogP contribution in [0.2, 0.25) is 5.15 Å². The average molecular weight is 186 g/mol. The molecule has 0 unspecified atom stereocenters. The van der Waals surface area contributed by atoms with Gasteiger partial charge >= 0.3 is 0 Å². The topological polar surface area (TPSA) is 43.8 Å². The maximum Gasteiger partial charge on any atom is 0.150 e. The van der Waals surface area contributed by atoms with Crippen LogP contribution in [0.3, 0.4) is 0 Å². The van der Waals surface area contributed by atoms with Crippen molar-refractivity contribution in [2.45, 2.75) is 31.8 Å². The Balaban J connectivity index is 2.33. The molecule has 2 N–H and O–H groups in total. The number of rotatable bonds is 2. The SMILES string of the molecule is CCn1cnc(Cl)c1[C@@H]1C[C@H]1N. The van der Waals surface area contributed by atoms with Gasteiger partial charge in [0, 0.05) is 18.5 Å². The van der Waals surface area contributed by atoms with Crippen molar-refractivity contribution in [1.82, 2.24) is 9.55 Å². The van der Waals surface area contributed by atoms with Crippen molar-refractivity contribution in [3.63, 3.8) is 0 Å². The molecule has 0 aliphatic heterocycles. The zero-order chi connectivity index (χ0) is 8.72. The van der Waals surface area contributed by atoms with E-state index in [0.717, 1.165) is 18.7 Å². The highest BCUT2D eigenvalue weighted by atomic mass is 35.5. The Bertz CT molecular complexity index is 294. The predicted octanol–water partition coefficient (Wildman–Crippen LogP) is 1.37. The molecule has 1 aromatic heterocycles. The monoisotopic (exact) mass is 185 g/mol. The van der Waals surface area contributed by atoms with Crippen LogP contribution in [0.4, 0.5) is 0 Å². The molecule has 3 nitrogen and oxygen atoms in total. The zero-order valence-electron chi connectivity index (χ0n) is 7.00. The molecule has 2 rings (SSSR count). The Hall–Kier alpha value is -0.540. The van der Waals surface area contributed by atoms with Crippen LogP contribution in [0.25, 0.3) is 0 Å². The predicted molar refractivity (Wildman–Crippen MR) is 48.2 cm³/mol. The average Bonchev–Trinajstić information content (AvgIpc) is 2.62. The third kappa shape index (κ3) is 1.13. The normalized spacial score (nSPS) is 27.6. The largest absolute Gasteiger partial charge is 0.333 e. The molecule has 1 fully saturated rings. The highest BCUT2D eigenvalue weighted by Gasteiger charge is 2.38. The van der Waals surface area contributed by atoms with Crippen LogP contribution in [-0.4, -0.2) is 15.6 Å². The number of nitrogens with two attached hydrogens (primary N) is 1. The minimum atomic E-state index is 0.296. The maximum atomic E-state index is 5.94. The molecule has 1 aromatic rings. The van der Waals surface area contributed by atoms with Crippen LogP contribution in [0.1, 0.15) is 25.0 Å². The Kier molecular flexibility index (Phi) is 1.85. The standard InChI is InChI=1S/C8H12ClN3/c1-2-12-4-11-8(9)7(12)5-3-6(5)10/h4-6H,2-3,10H2,1H3/t5-,6-/m1/s1. The summed E-state index contributed by atoms with van der Waals surface area (Å²) in [7, 11) is 0. The molecule has 66 valence electrons. The summed E-state index contributed by atoms with van der Waals surface area (Å²) in [5.41, 5.74) is 6.87. The lowest BCUT2D eigenvalue weighted by Crippen LogP contribution is -2.05. The fraction of sp³-hybridized carbons (Fsp3) is 0.625. The second-order valence-electron chi connectivity index (χ2n) is 3.21. The first-order valence-electron chi connectivity index (χ1n) is 4.20. The lowest BCUT2D eigenvalue weighted by atomic mass is 10.3. The fourth-order valence-electron chi connectivity index (χ4n) is 1.51. The molecule has 1 saturated carbocycles. The summed E-state index contributed by atoms with van der Waals surface area (Å²) in [5.74, 6) is 0.444. The van der Waals surface area contributed by atoms with Gasteiger partial charge in [0.25, 0.3) is 0 Å². The Morgan fingerprint density at radius 1 is 1.83 bits per heavy atom. The van der Waals surface area contributed by atoms with E-state index in [1.54, 1.807) is 6.33 Å². The van der Waals surface area contributed by atoms with Gasteiger partial charge in [-0.2, -0.15) is 0 Å². The molecule has 0 amide bonds. The molecule has 1 aliphatic carbocycles. The molecule has 1 heterocycles. The smallest absolute Gasteiger partial charge is 0.150 e. The van der Waals surface area contributed by atoms with E-state index in [1.807, 2.05) is 0 Å². The molecule has 2 atom stereocenters.